The first kappa shape index (κ1) is 9.92. The molecular formula is C9H8BrNO2. The molecule has 0 spiro atoms. The normalized spacial score (nSPS) is 12.7. The average molecular weight is 242 g/mol. The monoisotopic (exact) mass is 241 g/mol. The number of rotatable bonds is 4. The third-order valence-electron chi connectivity index (χ3n) is 1.38. The Bertz CT molecular complexity index is 287. The van der Waals surface area contributed by atoms with Crippen molar-refractivity contribution in [2.24, 2.45) is 5.34 Å². The Labute approximate surface area is 84.5 Å². The lowest BCUT2D eigenvalue weighted by Crippen LogP contribution is -1.92. The van der Waals surface area contributed by atoms with Crippen LogP contribution in [0.4, 0.5) is 0 Å². The Morgan fingerprint density at radius 3 is 2.69 bits per heavy atom. The van der Waals surface area contributed by atoms with Crippen LogP contribution < -0.4 is 0 Å². The van der Waals surface area contributed by atoms with Gasteiger partial charge in [0.25, 0.3) is 0 Å². The molecule has 1 atom stereocenters. The molecule has 0 saturated carbocycles. The molecule has 13 heavy (non-hydrogen) atoms. The van der Waals surface area contributed by atoms with Crippen molar-refractivity contribution in [1.82, 2.24) is 0 Å². The van der Waals surface area contributed by atoms with Crippen molar-refractivity contribution in [3.8, 4) is 0 Å². The van der Waals surface area contributed by atoms with E-state index in [0.29, 0.717) is 0 Å². The molecule has 0 aliphatic rings. The van der Waals surface area contributed by atoms with Crippen molar-refractivity contribution in [2.45, 2.75) is 5.01 Å². The molecule has 0 heterocycles. The summed E-state index contributed by atoms with van der Waals surface area (Å²) in [5, 5.41) is 1.83. The molecule has 1 unspecified atom stereocenters. The molecule has 3 nitrogen and oxygen atoms in total. The molecule has 0 aliphatic heterocycles. The Morgan fingerprint density at radius 2 is 2.08 bits per heavy atom. The first-order valence-electron chi connectivity index (χ1n) is 3.69. The van der Waals surface area contributed by atoms with Gasteiger partial charge in [-0.3, -0.25) is 0 Å². The van der Waals surface area contributed by atoms with Gasteiger partial charge in [-0.05, 0) is 27.6 Å². The predicted molar refractivity (Wildman–Crippen MR) is 55.1 cm³/mol. The van der Waals surface area contributed by atoms with Crippen molar-refractivity contribution < 1.29 is 4.84 Å². The van der Waals surface area contributed by atoms with Gasteiger partial charge in [-0.15, -0.1) is 4.91 Å². The van der Waals surface area contributed by atoms with Crippen LogP contribution in [0.5, 0.6) is 0 Å². The van der Waals surface area contributed by atoms with Crippen LogP contribution >= 0.6 is 15.9 Å². The van der Waals surface area contributed by atoms with Gasteiger partial charge in [0.05, 0.1) is 0 Å². The summed E-state index contributed by atoms with van der Waals surface area (Å²) in [5.74, 6) is 0. The van der Waals surface area contributed by atoms with Crippen LogP contribution in [0.15, 0.2) is 41.7 Å². The van der Waals surface area contributed by atoms with Gasteiger partial charge in [-0.2, -0.15) is 0 Å². The molecule has 4 heteroatoms. The van der Waals surface area contributed by atoms with E-state index in [1.54, 1.807) is 6.08 Å². The van der Waals surface area contributed by atoms with Crippen molar-refractivity contribution in [3.05, 3.63) is 46.9 Å². The van der Waals surface area contributed by atoms with Crippen molar-refractivity contribution >= 4 is 22.0 Å². The Morgan fingerprint density at radius 1 is 1.38 bits per heavy atom. The maximum absolute atomic E-state index is 9.69. The van der Waals surface area contributed by atoms with Gasteiger partial charge in [0.1, 0.15) is 0 Å². The fourth-order valence-corrected chi connectivity index (χ4v) is 1.05. The van der Waals surface area contributed by atoms with Crippen LogP contribution in [-0.4, -0.2) is 5.01 Å². The van der Waals surface area contributed by atoms with E-state index in [1.807, 2.05) is 36.4 Å². The minimum absolute atomic E-state index is 0.467. The highest BCUT2D eigenvalue weighted by atomic mass is 79.9. The molecule has 0 bridgehead atoms. The third kappa shape index (κ3) is 3.85. The molecule has 1 aromatic carbocycles. The second kappa shape index (κ2) is 5.48. The zero-order valence-electron chi connectivity index (χ0n) is 6.76. The van der Waals surface area contributed by atoms with E-state index in [-0.39, 0.29) is 0 Å². The van der Waals surface area contributed by atoms with E-state index < -0.39 is 5.01 Å². The van der Waals surface area contributed by atoms with Crippen molar-refractivity contribution in [2.75, 3.05) is 0 Å². The average Bonchev–Trinajstić information content (AvgIpc) is 2.17. The van der Waals surface area contributed by atoms with Crippen LogP contribution in [-0.2, 0) is 4.84 Å². The number of alkyl halides is 1. The maximum Gasteiger partial charge on any atom is 0.203 e. The molecule has 0 radical (unpaired) electrons. The highest BCUT2D eigenvalue weighted by molar-refractivity contribution is 9.09. The van der Waals surface area contributed by atoms with Crippen LogP contribution in [0.1, 0.15) is 5.56 Å². The zero-order valence-corrected chi connectivity index (χ0v) is 8.35. The lowest BCUT2D eigenvalue weighted by Gasteiger charge is -1.97. The minimum Gasteiger partial charge on any atom is -0.345 e. The summed E-state index contributed by atoms with van der Waals surface area (Å²) in [5.41, 5.74) is 1.04. The van der Waals surface area contributed by atoms with E-state index in [1.165, 1.54) is 0 Å². The van der Waals surface area contributed by atoms with E-state index >= 15 is 0 Å². The number of halogens is 1. The summed E-state index contributed by atoms with van der Waals surface area (Å²) in [6, 6.07) is 9.70. The summed E-state index contributed by atoms with van der Waals surface area (Å²) >= 11 is 3.09. The van der Waals surface area contributed by atoms with Crippen LogP contribution in [0.2, 0.25) is 0 Å². The maximum atomic E-state index is 9.69. The summed E-state index contributed by atoms with van der Waals surface area (Å²) in [4.78, 5) is 14.1. The van der Waals surface area contributed by atoms with Crippen molar-refractivity contribution in [3.63, 3.8) is 0 Å². The van der Waals surface area contributed by atoms with E-state index in [4.69, 9.17) is 0 Å². The molecule has 0 amide bonds. The van der Waals surface area contributed by atoms with Gasteiger partial charge in [0.2, 0.25) is 5.01 Å². The fraction of sp³-hybridized carbons (Fsp3) is 0.111. The Kier molecular flexibility index (Phi) is 4.18. The molecule has 1 aromatic rings. The molecular weight excluding hydrogens is 234 g/mol. The van der Waals surface area contributed by atoms with E-state index in [9.17, 15) is 4.91 Å². The Balaban J connectivity index is 2.53. The van der Waals surface area contributed by atoms with Gasteiger partial charge in [0.15, 0.2) is 5.34 Å². The van der Waals surface area contributed by atoms with E-state index in [2.05, 4.69) is 26.1 Å². The predicted octanol–water partition coefficient (Wildman–Crippen LogP) is 3.12. The molecule has 0 aromatic heterocycles. The van der Waals surface area contributed by atoms with Gasteiger partial charge in [-0.25, -0.2) is 0 Å². The molecule has 1 rings (SSSR count). The lowest BCUT2D eigenvalue weighted by molar-refractivity contribution is 0.151. The van der Waals surface area contributed by atoms with Crippen LogP contribution in [0.25, 0.3) is 6.08 Å². The summed E-state index contributed by atoms with van der Waals surface area (Å²) in [6.07, 6.45) is 3.53. The zero-order chi connectivity index (χ0) is 9.52. The summed E-state index contributed by atoms with van der Waals surface area (Å²) < 4.78 is 0. The number of hydrogen-bond donors (Lipinski definition) is 0. The van der Waals surface area contributed by atoms with Gasteiger partial charge >= 0.3 is 0 Å². The first-order valence-corrected chi connectivity index (χ1v) is 4.60. The quantitative estimate of drug-likeness (QED) is 0.462. The van der Waals surface area contributed by atoms with Gasteiger partial charge in [-0.1, -0.05) is 36.4 Å². The fourth-order valence-electron chi connectivity index (χ4n) is 0.827. The van der Waals surface area contributed by atoms with Crippen LogP contribution in [0, 0.1) is 4.91 Å². The smallest absolute Gasteiger partial charge is 0.203 e. The summed E-state index contributed by atoms with van der Waals surface area (Å²) in [7, 11) is 0. The Hall–Kier alpha value is -1.16. The topological polar surface area (TPSA) is 38.7 Å². The third-order valence-corrected chi connectivity index (χ3v) is 1.86. The minimum atomic E-state index is -0.467. The largest absolute Gasteiger partial charge is 0.345 e. The van der Waals surface area contributed by atoms with Crippen LogP contribution in [0.3, 0.4) is 0 Å². The second-order valence-corrected chi connectivity index (χ2v) is 3.20. The number of nitrogens with zero attached hydrogens (tertiary/aromatic N) is 1. The van der Waals surface area contributed by atoms with Gasteiger partial charge < -0.3 is 4.84 Å². The standard InChI is InChI=1S/C9H8BrNO2/c10-9(13-11-12)7-6-8-4-2-1-3-5-8/h1-7,9H/b7-6+. The highest BCUT2D eigenvalue weighted by Crippen LogP contribution is 2.08. The van der Waals surface area contributed by atoms with E-state index in [0.717, 1.165) is 5.56 Å². The number of benzene rings is 1. The van der Waals surface area contributed by atoms with Gasteiger partial charge in [0, 0.05) is 0 Å². The second-order valence-electron chi connectivity index (χ2n) is 2.30. The molecule has 68 valence electrons. The highest BCUT2D eigenvalue weighted by Gasteiger charge is 1.96. The lowest BCUT2D eigenvalue weighted by atomic mass is 10.2. The molecule has 0 saturated heterocycles. The molecule has 0 aliphatic carbocycles. The SMILES string of the molecule is O=NOC(Br)/C=C/c1ccccc1. The number of hydrogen-bond acceptors (Lipinski definition) is 3. The molecule has 0 N–H and O–H groups in total. The first-order chi connectivity index (χ1) is 6.33. The summed E-state index contributed by atoms with van der Waals surface area (Å²) in [6.45, 7) is 0. The van der Waals surface area contributed by atoms with Crippen molar-refractivity contribution in [1.29, 1.82) is 0 Å². The molecule has 0 fully saturated rings.